The standard InChI is InChI=1S/C15H23F2NO2/c1-4-7-18-14(15(19-5-2)20-6-3)11-8-12(16)10-13(17)9-11/h8-10,14-15,18H,4-7H2,1-3H3. The molecule has 0 amide bonds. The van der Waals surface area contributed by atoms with Gasteiger partial charge in [0, 0.05) is 19.3 Å². The van der Waals surface area contributed by atoms with Crippen LogP contribution in [0.3, 0.4) is 0 Å². The van der Waals surface area contributed by atoms with E-state index in [4.69, 9.17) is 9.47 Å². The Labute approximate surface area is 119 Å². The molecule has 5 heteroatoms. The summed E-state index contributed by atoms with van der Waals surface area (Å²) in [5.74, 6) is -1.20. The number of benzene rings is 1. The highest BCUT2D eigenvalue weighted by molar-refractivity contribution is 5.22. The van der Waals surface area contributed by atoms with Crippen molar-refractivity contribution in [2.24, 2.45) is 0 Å². The summed E-state index contributed by atoms with van der Waals surface area (Å²) >= 11 is 0. The molecule has 1 unspecified atom stereocenters. The van der Waals surface area contributed by atoms with Crippen molar-refractivity contribution in [3.05, 3.63) is 35.4 Å². The van der Waals surface area contributed by atoms with Gasteiger partial charge in [-0.15, -0.1) is 0 Å². The molecule has 1 aromatic rings. The average molecular weight is 287 g/mol. The number of halogens is 2. The van der Waals surface area contributed by atoms with Gasteiger partial charge in [-0.2, -0.15) is 0 Å². The lowest BCUT2D eigenvalue weighted by Gasteiger charge is -2.28. The van der Waals surface area contributed by atoms with Crippen molar-refractivity contribution in [3.8, 4) is 0 Å². The fourth-order valence-corrected chi connectivity index (χ4v) is 1.99. The molecule has 1 aromatic carbocycles. The van der Waals surface area contributed by atoms with Crippen molar-refractivity contribution < 1.29 is 18.3 Å². The van der Waals surface area contributed by atoms with Crippen molar-refractivity contribution in [2.75, 3.05) is 19.8 Å². The molecule has 0 aromatic heterocycles. The minimum absolute atomic E-state index is 0.403. The first kappa shape index (κ1) is 17.0. The Balaban J connectivity index is 3.01. The van der Waals surface area contributed by atoms with E-state index in [1.165, 1.54) is 12.1 Å². The summed E-state index contributed by atoms with van der Waals surface area (Å²) in [5.41, 5.74) is 0.489. The van der Waals surface area contributed by atoms with Crippen LogP contribution in [0.15, 0.2) is 18.2 Å². The van der Waals surface area contributed by atoms with Gasteiger partial charge in [0.15, 0.2) is 6.29 Å². The van der Waals surface area contributed by atoms with Crippen LogP contribution in [0.2, 0.25) is 0 Å². The quantitative estimate of drug-likeness (QED) is 0.706. The van der Waals surface area contributed by atoms with Crippen molar-refractivity contribution in [1.82, 2.24) is 5.32 Å². The Kier molecular flexibility index (Phi) is 7.65. The van der Waals surface area contributed by atoms with E-state index < -0.39 is 24.0 Å². The predicted octanol–water partition coefficient (Wildman–Crippen LogP) is 3.40. The lowest BCUT2D eigenvalue weighted by Crippen LogP contribution is -2.36. The number of ether oxygens (including phenoxy) is 2. The van der Waals surface area contributed by atoms with Crippen LogP contribution >= 0.6 is 0 Å². The zero-order valence-electron chi connectivity index (χ0n) is 12.3. The van der Waals surface area contributed by atoms with E-state index in [-0.39, 0.29) is 0 Å². The van der Waals surface area contributed by atoms with Crippen LogP contribution in [0.4, 0.5) is 8.78 Å². The third-order valence-electron chi connectivity index (χ3n) is 2.79. The Hall–Kier alpha value is -1.04. The van der Waals surface area contributed by atoms with Gasteiger partial charge in [0.05, 0.1) is 6.04 Å². The van der Waals surface area contributed by atoms with Crippen LogP contribution in [0.5, 0.6) is 0 Å². The largest absolute Gasteiger partial charge is 0.351 e. The Bertz CT molecular complexity index is 375. The lowest BCUT2D eigenvalue weighted by atomic mass is 10.1. The Morgan fingerprint density at radius 3 is 2.00 bits per heavy atom. The molecule has 0 aliphatic carbocycles. The van der Waals surface area contributed by atoms with Gasteiger partial charge in [-0.05, 0) is 44.5 Å². The average Bonchev–Trinajstić information content (AvgIpc) is 2.38. The Morgan fingerprint density at radius 1 is 1.00 bits per heavy atom. The van der Waals surface area contributed by atoms with Crippen molar-refractivity contribution in [1.29, 1.82) is 0 Å². The van der Waals surface area contributed by atoms with Gasteiger partial charge >= 0.3 is 0 Å². The number of nitrogens with one attached hydrogen (secondary N) is 1. The van der Waals surface area contributed by atoms with Gasteiger partial charge in [0.25, 0.3) is 0 Å². The summed E-state index contributed by atoms with van der Waals surface area (Å²) in [7, 11) is 0. The van der Waals surface area contributed by atoms with E-state index >= 15 is 0 Å². The van der Waals surface area contributed by atoms with Gasteiger partial charge in [-0.1, -0.05) is 6.92 Å². The van der Waals surface area contributed by atoms with Gasteiger partial charge in [0.2, 0.25) is 0 Å². The molecule has 20 heavy (non-hydrogen) atoms. The van der Waals surface area contributed by atoms with Gasteiger partial charge in [-0.25, -0.2) is 8.78 Å². The van der Waals surface area contributed by atoms with E-state index in [1.54, 1.807) is 0 Å². The van der Waals surface area contributed by atoms with Crippen molar-refractivity contribution in [3.63, 3.8) is 0 Å². The van der Waals surface area contributed by atoms with Crippen LogP contribution in [0, 0.1) is 11.6 Å². The molecule has 3 nitrogen and oxygen atoms in total. The summed E-state index contributed by atoms with van der Waals surface area (Å²) in [6, 6.07) is 3.07. The van der Waals surface area contributed by atoms with Crippen molar-refractivity contribution in [2.45, 2.75) is 39.5 Å². The van der Waals surface area contributed by atoms with E-state index in [2.05, 4.69) is 5.32 Å². The summed E-state index contributed by atoms with van der Waals surface area (Å²) < 4.78 is 37.9. The second-order valence-electron chi connectivity index (χ2n) is 4.41. The monoisotopic (exact) mass is 287 g/mol. The van der Waals surface area contributed by atoms with Crippen LogP contribution in [0.25, 0.3) is 0 Å². The normalized spacial score (nSPS) is 12.9. The highest BCUT2D eigenvalue weighted by atomic mass is 19.1. The van der Waals surface area contributed by atoms with Crippen LogP contribution < -0.4 is 5.32 Å². The summed E-state index contributed by atoms with van der Waals surface area (Å²) in [6.07, 6.45) is 0.331. The predicted molar refractivity (Wildman–Crippen MR) is 74.4 cm³/mol. The molecule has 114 valence electrons. The number of hydrogen-bond donors (Lipinski definition) is 1. The zero-order valence-corrected chi connectivity index (χ0v) is 12.3. The summed E-state index contributed by atoms with van der Waals surface area (Å²) in [5, 5.41) is 3.23. The molecular weight excluding hydrogens is 264 g/mol. The van der Waals surface area contributed by atoms with E-state index in [1.807, 2.05) is 20.8 Å². The third-order valence-corrected chi connectivity index (χ3v) is 2.79. The van der Waals surface area contributed by atoms with E-state index in [0.717, 1.165) is 12.5 Å². The maximum atomic E-state index is 13.4. The van der Waals surface area contributed by atoms with Crippen LogP contribution in [-0.4, -0.2) is 26.0 Å². The maximum Gasteiger partial charge on any atom is 0.176 e. The summed E-state index contributed by atoms with van der Waals surface area (Å²) in [4.78, 5) is 0. The molecule has 0 radical (unpaired) electrons. The first-order chi connectivity index (χ1) is 9.62. The molecule has 0 aliphatic rings. The smallest absolute Gasteiger partial charge is 0.176 e. The fraction of sp³-hybridized carbons (Fsp3) is 0.600. The molecular formula is C15H23F2NO2. The van der Waals surface area contributed by atoms with E-state index in [0.29, 0.717) is 25.3 Å². The fourth-order valence-electron chi connectivity index (χ4n) is 1.99. The van der Waals surface area contributed by atoms with E-state index in [9.17, 15) is 8.78 Å². The second kappa shape index (κ2) is 9.00. The minimum atomic E-state index is -0.602. The highest BCUT2D eigenvalue weighted by Gasteiger charge is 2.24. The second-order valence-corrected chi connectivity index (χ2v) is 4.41. The molecule has 0 aliphatic heterocycles. The molecule has 0 heterocycles. The van der Waals surface area contributed by atoms with Gasteiger partial charge < -0.3 is 14.8 Å². The minimum Gasteiger partial charge on any atom is -0.351 e. The maximum absolute atomic E-state index is 13.4. The first-order valence-corrected chi connectivity index (χ1v) is 7.04. The molecule has 0 saturated heterocycles. The topological polar surface area (TPSA) is 30.5 Å². The van der Waals surface area contributed by atoms with Crippen LogP contribution in [-0.2, 0) is 9.47 Å². The Morgan fingerprint density at radius 2 is 1.55 bits per heavy atom. The molecule has 0 fully saturated rings. The highest BCUT2D eigenvalue weighted by Crippen LogP contribution is 2.22. The zero-order chi connectivity index (χ0) is 15.0. The molecule has 1 N–H and O–H groups in total. The third kappa shape index (κ3) is 5.15. The molecule has 0 bridgehead atoms. The first-order valence-electron chi connectivity index (χ1n) is 7.04. The van der Waals surface area contributed by atoms with Gasteiger partial charge in [0.1, 0.15) is 11.6 Å². The molecule has 0 saturated carbocycles. The molecule has 0 spiro atoms. The van der Waals surface area contributed by atoms with Crippen molar-refractivity contribution >= 4 is 0 Å². The number of rotatable bonds is 9. The molecule has 1 atom stereocenters. The van der Waals surface area contributed by atoms with Crippen LogP contribution in [0.1, 0.15) is 38.8 Å². The van der Waals surface area contributed by atoms with Gasteiger partial charge in [-0.3, -0.25) is 0 Å². The summed E-state index contributed by atoms with van der Waals surface area (Å²) in [6.45, 7) is 7.37. The number of hydrogen-bond acceptors (Lipinski definition) is 3. The lowest BCUT2D eigenvalue weighted by molar-refractivity contribution is -0.155. The molecule has 1 rings (SSSR count). The SMILES string of the molecule is CCCNC(c1cc(F)cc(F)c1)C(OCC)OCC.